The Morgan fingerprint density at radius 3 is 2.72 bits per heavy atom. The van der Waals surface area contributed by atoms with E-state index in [4.69, 9.17) is 0 Å². The fraction of sp³-hybridized carbons (Fsp3) is 0.526. The van der Waals surface area contributed by atoms with Gasteiger partial charge in [0.1, 0.15) is 10.8 Å². The van der Waals surface area contributed by atoms with Gasteiger partial charge in [-0.1, -0.05) is 36.3 Å². The van der Waals surface area contributed by atoms with Crippen LogP contribution in [0.5, 0.6) is 0 Å². The van der Waals surface area contributed by atoms with Gasteiger partial charge in [-0.2, -0.15) is 0 Å². The Kier molecular flexibility index (Phi) is 4.79. The standard InChI is InChI=1S/C19H22FN3OS/c20-16-10-4-3-9-15(16)18-22-21-17(25-18)14-8-5-11-23(12-14)19(24)13-6-1-2-7-13/h3-4,9-10,13-14H,1-2,5-8,11-12H2/t14-/m1/s1. The molecule has 1 aliphatic heterocycles. The zero-order valence-corrected chi connectivity index (χ0v) is 15.0. The summed E-state index contributed by atoms with van der Waals surface area (Å²) in [5, 5.41) is 10.0. The van der Waals surface area contributed by atoms with Gasteiger partial charge in [-0.05, 0) is 37.8 Å². The molecule has 0 unspecified atom stereocenters. The minimum atomic E-state index is -0.271. The maximum absolute atomic E-state index is 14.0. The normalized spacial score (nSPS) is 21.6. The van der Waals surface area contributed by atoms with Crippen molar-refractivity contribution in [1.82, 2.24) is 15.1 Å². The number of hydrogen-bond donors (Lipinski definition) is 0. The number of aromatic nitrogens is 2. The van der Waals surface area contributed by atoms with Gasteiger partial charge in [0.05, 0.1) is 0 Å². The third-order valence-corrected chi connectivity index (χ3v) is 6.45. The first-order valence-electron chi connectivity index (χ1n) is 9.09. The zero-order chi connectivity index (χ0) is 17.2. The number of benzene rings is 1. The van der Waals surface area contributed by atoms with Crippen LogP contribution in [-0.4, -0.2) is 34.1 Å². The van der Waals surface area contributed by atoms with E-state index in [1.165, 1.54) is 30.2 Å². The van der Waals surface area contributed by atoms with Gasteiger partial charge in [-0.3, -0.25) is 4.79 Å². The molecule has 0 spiro atoms. The van der Waals surface area contributed by atoms with Gasteiger partial charge >= 0.3 is 0 Å². The van der Waals surface area contributed by atoms with Crippen LogP contribution in [0.25, 0.3) is 10.6 Å². The summed E-state index contributed by atoms with van der Waals surface area (Å²) >= 11 is 1.45. The van der Waals surface area contributed by atoms with Crippen molar-refractivity contribution in [2.45, 2.75) is 44.4 Å². The number of hydrogen-bond acceptors (Lipinski definition) is 4. The van der Waals surface area contributed by atoms with Crippen LogP contribution in [0.1, 0.15) is 49.5 Å². The number of carbonyl (C=O) groups is 1. The molecule has 2 aliphatic rings. The third kappa shape index (κ3) is 3.45. The largest absolute Gasteiger partial charge is 0.342 e. The highest BCUT2D eigenvalue weighted by molar-refractivity contribution is 7.14. The second-order valence-electron chi connectivity index (χ2n) is 7.03. The van der Waals surface area contributed by atoms with E-state index >= 15 is 0 Å². The van der Waals surface area contributed by atoms with Gasteiger partial charge in [0, 0.05) is 30.5 Å². The summed E-state index contributed by atoms with van der Waals surface area (Å²) in [5.74, 6) is 0.493. The number of rotatable bonds is 3. The average molecular weight is 359 g/mol. The molecule has 0 bridgehead atoms. The SMILES string of the molecule is O=C(C1CCCC1)N1CCC[C@@H](c2nnc(-c3ccccc3F)s2)C1. The molecule has 4 nitrogen and oxygen atoms in total. The lowest BCUT2D eigenvalue weighted by atomic mass is 9.96. The predicted octanol–water partition coefficient (Wildman–Crippen LogP) is 4.24. The van der Waals surface area contributed by atoms with Crippen LogP contribution in [0, 0.1) is 11.7 Å². The Bertz CT molecular complexity index is 757. The summed E-state index contributed by atoms with van der Waals surface area (Å²) in [7, 11) is 0. The summed E-state index contributed by atoms with van der Waals surface area (Å²) in [5.41, 5.74) is 0.501. The van der Waals surface area contributed by atoms with Gasteiger partial charge in [-0.15, -0.1) is 10.2 Å². The molecule has 2 heterocycles. The molecule has 1 saturated heterocycles. The molecule has 1 atom stereocenters. The van der Waals surface area contributed by atoms with Gasteiger partial charge < -0.3 is 4.90 Å². The van der Waals surface area contributed by atoms with Crippen molar-refractivity contribution in [2.75, 3.05) is 13.1 Å². The smallest absolute Gasteiger partial charge is 0.225 e. The molecule has 0 N–H and O–H groups in total. The molecule has 2 aromatic rings. The Morgan fingerprint density at radius 1 is 1.12 bits per heavy atom. The number of halogens is 1. The molecule has 2 fully saturated rings. The Hall–Kier alpha value is -1.82. The zero-order valence-electron chi connectivity index (χ0n) is 14.2. The molecular formula is C19H22FN3OS. The van der Waals surface area contributed by atoms with Crippen molar-refractivity contribution in [2.24, 2.45) is 5.92 Å². The van der Waals surface area contributed by atoms with Crippen LogP contribution in [-0.2, 0) is 4.79 Å². The minimum absolute atomic E-state index is 0.220. The lowest BCUT2D eigenvalue weighted by Gasteiger charge is -2.33. The summed E-state index contributed by atoms with van der Waals surface area (Å²) in [6.45, 7) is 1.58. The van der Waals surface area contributed by atoms with Crippen molar-refractivity contribution in [1.29, 1.82) is 0 Å². The monoisotopic (exact) mass is 359 g/mol. The quantitative estimate of drug-likeness (QED) is 0.823. The molecule has 1 aromatic carbocycles. The lowest BCUT2D eigenvalue weighted by molar-refractivity contribution is -0.136. The van der Waals surface area contributed by atoms with E-state index in [0.29, 0.717) is 16.5 Å². The topological polar surface area (TPSA) is 46.1 Å². The van der Waals surface area contributed by atoms with Crippen LogP contribution in [0.4, 0.5) is 4.39 Å². The molecule has 1 aromatic heterocycles. The number of likely N-dealkylation sites (tertiary alicyclic amines) is 1. The highest BCUT2D eigenvalue weighted by Gasteiger charge is 2.32. The molecule has 0 radical (unpaired) electrons. The molecule has 6 heteroatoms. The van der Waals surface area contributed by atoms with E-state index in [9.17, 15) is 9.18 Å². The summed E-state index contributed by atoms with van der Waals surface area (Å²) in [4.78, 5) is 14.7. The van der Waals surface area contributed by atoms with Gasteiger partial charge in [0.25, 0.3) is 0 Å². The van der Waals surface area contributed by atoms with Crippen LogP contribution in [0.15, 0.2) is 24.3 Å². The lowest BCUT2D eigenvalue weighted by Crippen LogP contribution is -2.41. The van der Waals surface area contributed by atoms with Crippen molar-refractivity contribution in [3.05, 3.63) is 35.1 Å². The van der Waals surface area contributed by atoms with Crippen molar-refractivity contribution < 1.29 is 9.18 Å². The molecule has 25 heavy (non-hydrogen) atoms. The first kappa shape index (κ1) is 16.6. The van der Waals surface area contributed by atoms with E-state index in [-0.39, 0.29) is 17.7 Å². The molecule has 4 rings (SSSR count). The minimum Gasteiger partial charge on any atom is -0.342 e. The van der Waals surface area contributed by atoms with Gasteiger partial charge in [0.2, 0.25) is 5.91 Å². The van der Waals surface area contributed by atoms with Gasteiger partial charge in [-0.25, -0.2) is 4.39 Å². The summed E-state index contributed by atoms with van der Waals surface area (Å²) in [6.07, 6.45) is 6.44. The second-order valence-corrected chi connectivity index (χ2v) is 8.04. The van der Waals surface area contributed by atoms with E-state index in [0.717, 1.165) is 43.8 Å². The van der Waals surface area contributed by atoms with E-state index in [1.54, 1.807) is 12.1 Å². The highest BCUT2D eigenvalue weighted by atomic mass is 32.1. The maximum atomic E-state index is 14.0. The van der Waals surface area contributed by atoms with E-state index in [2.05, 4.69) is 10.2 Å². The number of amides is 1. The Labute approximate surface area is 151 Å². The molecule has 132 valence electrons. The number of nitrogens with zero attached hydrogens (tertiary/aromatic N) is 3. The van der Waals surface area contributed by atoms with Crippen LogP contribution < -0.4 is 0 Å². The number of carbonyl (C=O) groups excluding carboxylic acids is 1. The fourth-order valence-corrected chi connectivity index (χ4v) is 4.95. The van der Waals surface area contributed by atoms with Crippen molar-refractivity contribution in [3.8, 4) is 10.6 Å². The first-order valence-corrected chi connectivity index (χ1v) is 9.91. The Balaban J connectivity index is 1.48. The van der Waals surface area contributed by atoms with E-state index < -0.39 is 0 Å². The fourth-order valence-electron chi connectivity index (χ4n) is 3.95. The Morgan fingerprint density at radius 2 is 1.92 bits per heavy atom. The third-order valence-electron chi connectivity index (χ3n) is 5.33. The van der Waals surface area contributed by atoms with Crippen molar-refractivity contribution in [3.63, 3.8) is 0 Å². The average Bonchev–Trinajstić information content (AvgIpc) is 3.34. The van der Waals surface area contributed by atoms with Crippen LogP contribution >= 0.6 is 11.3 Å². The number of piperidine rings is 1. The van der Waals surface area contributed by atoms with Crippen LogP contribution in [0.3, 0.4) is 0 Å². The van der Waals surface area contributed by atoms with E-state index in [1.807, 2.05) is 11.0 Å². The van der Waals surface area contributed by atoms with Gasteiger partial charge in [0.15, 0.2) is 5.01 Å². The molecule has 1 saturated carbocycles. The summed E-state index contributed by atoms with van der Waals surface area (Å²) < 4.78 is 14.0. The van der Waals surface area contributed by atoms with Crippen molar-refractivity contribution >= 4 is 17.2 Å². The second kappa shape index (κ2) is 7.20. The molecule has 1 amide bonds. The molecule has 1 aliphatic carbocycles. The van der Waals surface area contributed by atoms with Crippen LogP contribution in [0.2, 0.25) is 0 Å². The predicted molar refractivity (Wildman–Crippen MR) is 95.8 cm³/mol. The summed E-state index contributed by atoms with van der Waals surface area (Å²) in [6, 6.07) is 6.66. The highest BCUT2D eigenvalue weighted by Crippen LogP contribution is 2.35. The molecular weight excluding hydrogens is 337 g/mol. The maximum Gasteiger partial charge on any atom is 0.225 e. The first-order chi connectivity index (χ1) is 12.2.